The molecule has 0 amide bonds. The monoisotopic (exact) mass is 334 g/mol. The van der Waals surface area contributed by atoms with E-state index in [-0.39, 0.29) is 12.2 Å². The van der Waals surface area contributed by atoms with E-state index in [0.717, 1.165) is 15.7 Å². The Morgan fingerprint density at radius 2 is 2.00 bits per heavy atom. The number of ketones is 1. The fourth-order valence-electron chi connectivity index (χ4n) is 1.99. The van der Waals surface area contributed by atoms with Crippen molar-refractivity contribution in [3.8, 4) is 5.75 Å². The second-order valence-electron chi connectivity index (χ2n) is 4.54. The van der Waals surface area contributed by atoms with E-state index in [4.69, 9.17) is 4.74 Å². The van der Waals surface area contributed by atoms with E-state index in [2.05, 4.69) is 26.1 Å². The molecule has 1 aromatic heterocycles. The summed E-state index contributed by atoms with van der Waals surface area (Å²) < 4.78 is 6.21. The number of aryl methyl sites for hydroxylation is 2. The van der Waals surface area contributed by atoms with Crippen LogP contribution in [0.15, 0.2) is 28.7 Å². The van der Waals surface area contributed by atoms with Gasteiger partial charge in [0.15, 0.2) is 5.78 Å². The van der Waals surface area contributed by atoms with Crippen molar-refractivity contribution in [1.82, 2.24) is 10.2 Å². The highest BCUT2D eigenvalue weighted by molar-refractivity contribution is 9.10. The lowest BCUT2D eigenvalue weighted by molar-refractivity contribution is 0.0990. The van der Waals surface area contributed by atoms with Gasteiger partial charge in [0, 0.05) is 22.0 Å². The normalized spacial score (nSPS) is 10.4. The zero-order chi connectivity index (χ0) is 14.7. The molecule has 4 nitrogen and oxygen atoms in total. The fourth-order valence-corrected chi connectivity index (χ4v) is 2.39. The third-order valence-corrected chi connectivity index (χ3v) is 3.49. The third kappa shape index (κ3) is 3.22. The molecule has 0 radical (unpaired) electrons. The van der Waals surface area contributed by atoms with Crippen LogP contribution in [0, 0.1) is 13.8 Å². The van der Waals surface area contributed by atoms with Crippen LogP contribution < -0.4 is 4.74 Å². The van der Waals surface area contributed by atoms with E-state index in [9.17, 15) is 4.79 Å². The number of nitrogens with zero attached hydrogens (tertiary/aromatic N) is 2. The summed E-state index contributed by atoms with van der Waals surface area (Å²) >= 11 is 3.41. The molecular weight excluding hydrogens is 320 g/mol. The van der Waals surface area contributed by atoms with Crippen molar-refractivity contribution in [3.05, 3.63) is 51.3 Å². The van der Waals surface area contributed by atoms with Gasteiger partial charge in [0.2, 0.25) is 0 Å². The van der Waals surface area contributed by atoms with Gasteiger partial charge in [0.25, 0.3) is 0 Å². The standard InChI is InChI=1S/C15H15BrN2O2/c1-9-6-13(10(2)18-17-9)14(19)8-11-7-12(16)4-5-15(11)20-3/h4-7H,8H2,1-3H3. The van der Waals surface area contributed by atoms with Gasteiger partial charge in [0.05, 0.1) is 18.5 Å². The van der Waals surface area contributed by atoms with Crippen LogP contribution in [0.5, 0.6) is 5.75 Å². The highest BCUT2D eigenvalue weighted by Gasteiger charge is 2.14. The number of aromatic nitrogens is 2. The predicted octanol–water partition coefficient (Wildman–Crippen LogP) is 3.29. The summed E-state index contributed by atoms with van der Waals surface area (Å²) in [7, 11) is 1.60. The van der Waals surface area contributed by atoms with Gasteiger partial charge in [-0.2, -0.15) is 10.2 Å². The van der Waals surface area contributed by atoms with Gasteiger partial charge in [-0.05, 0) is 38.1 Å². The van der Waals surface area contributed by atoms with Crippen LogP contribution >= 0.6 is 15.9 Å². The van der Waals surface area contributed by atoms with Gasteiger partial charge >= 0.3 is 0 Å². The molecule has 1 aromatic carbocycles. The lowest BCUT2D eigenvalue weighted by atomic mass is 10.0. The van der Waals surface area contributed by atoms with E-state index in [0.29, 0.717) is 17.0 Å². The van der Waals surface area contributed by atoms with Crippen molar-refractivity contribution >= 4 is 21.7 Å². The zero-order valence-corrected chi connectivity index (χ0v) is 13.2. The maximum Gasteiger partial charge on any atom is 0.169 e. The summed E-state index contributed by atoms with van der Waals surface area (Å²) in [4.78, 5) is 12.4. The number of Topliss-reactive ketones (excluding diaryl/α,β-unsaturated/α-hetero) is 1. The Hall–Kier alpha value is -1.75. The molecule has 0 aliphatic rings. The van der Waals surface area contributed by atoms with Gasteiger partial charge in [-0.3, -0.25) is 4.79 Å². The van der Waals surface area contributed by atoms with Crippen molar-refractivity contribution in [1.29, 1.82) is 0 Å². The minimum Gasteiger partial charge on any atom is -0.496 e. The molecule has 0 saturated carbocycles. The van der Waals surface area contributed by atoms with Crippen molar-refractivity contribution in [2.75, 3.05) is 7.11 Å². The van der Waals surface area contributed by atoms with Crippen molar-refractivity contribution in [3.63, 3.8) is 0 Å². The molecule has 20 heavy (non-hydrogen) atoms. The molecule has 0 fully saturated rings. The van der Waals surface area contributed by atoms with Crippen LogP contribution in [0.3, 0.4) is 0 Å². The second-order valence-corrected chi connectivity index (χ2v) is 5.46. The molecule has 5 heteroatoms. The largest absolute Gasteiger partial charge is 0.496 e. The van der Waals surface area contributed by atoms with Crippen LogP contribution in [0.4, 0.5) is 0 Å². The summed E-state index contributed by atoms with van der Waals surface area (Å²) in [5.41, 5.74) is 2.84. The van der Waals surface area contributed by atoms with Crippen LogP contribution in [0.2, 0.25) is 0 Å². The number of halogens is 1. The highest BCUT2D eigenvalue weighted by Crippen LogP contribution is 2.24. The molecular formula is C15H15BrN2O2. The lowest BCUT2D eigenvalue weighted by Gasteiger charge is -2.09. The quantitative estimate of drug-likeness (QED) is 0.805. The number of carbonyl (C=O) groups excluding carboxylic acids is 1. The first-order chi connectivity index (χ1) is 9.51. The second kappa shape index (κ2) is 6.13. The minimum atomic E-state index is 0.0110. The SMILES string of the molecule is COc1ccc(Br)cc1CC(=O)c1cc(C)nnc1C. The predicted molar refractivity (Wildman–Crippen MR) is 80.2 cm³/mol. The van der Waals surface area contributed by atoms with E-state index in [1.54, 1.807) is 20.1 Å². The van der Waals surface area contributed by atoms with Crippen LogP contribution in [-0.4, -0.2) is 23.1 Å². The van der Waals surface area contributed by atoms with Gasteiger partial charge in [0.1, 0.15) is 5.75 Å². The molecule has 0 aliphatic carbocycles. The Morgan fingerprint density at radius 3 is 2.70 bits per heavy atom. The molecule has 0 saturated heterocycles. The Morgan fingerprint density at radius 1 is 1.25 bits per heavy atom. The molecule has 2 aromatic rings. The minimum absolute atomic E-state index is 0.0110. The van der Waals surface area contributed by atoms with Gasteiger partial charge in [-0.15, -0.1) is 0 Å². The Balaban J connectivity index is 2.32. The van der Waals surface area contributed by atoms with E-state index < -0.39 is 0 Å². The number of hydrogen-bond donors (Lipinski definition) is 0. The third-order valence-electron chi connectivity index (χ3n) is 2.99. The molecule has 2 rings (SSSR count). The number of rotatable bonds is 4. The number of carbonyl (C=O) groups is 1. The van der Waals surface area contributed by atoms with Crippen molar-refractivity contribution < 1.29 is 9.53 Å². The average Bonchev–Trinajstić information content (AvgIpc) is 2.41. The first-order valence-electron chi connectivity index (χ1n) is 6.18. The fraction of sp³-hybridized carbons (Fsp3) is 0.267. The number of ether oxygens (including phenoxy) is 1. The van der Waals surface area contributed by atoms with Crippen LogP contribution in [-0.2, 0) is 6.42 Å². The maximum atomic E-state index is 12.4. The Bertz CT molecular complexity index is 656. The summed E-state index contributed by atoms with van der Waals surface area (Å²) in [6.07, 6.45) is 0.272. The molecule has 0 atom stereocenters. The Labute approximate surface area is 126 Å². The summed E-state index contributed by atoms with van der Waals surface area (Å²) in [5, 5.41) is 7.93. The molecule has 0 unspecified atom stereocenters. The van der Waals surface area contributed by atoms with Crippen LogP contribution in [0.25, 0.3) is 0 Å². The molecule has 104 valence electrons. The zero-order valence-electron chi connectivity index (χ0n) is 11.6. The summed E-state index contributed by atoms with van der Waals surface area (Å²) in [5.74, 6) is 0.717. The van der Waals surface area contributed by atoms with E-state index >= 15 is 0 Å². The first-order valence-corrected chi connectivity index (χ1v) is 6.97. The molecule has 0 N–H and O–H groups in total. The first kappa shape index (κ1) is 14.7. The molecule has 0 spiro atoms. The average molecular weight is 335 g/mol. The smallest absolute Gasteiger partial charge is 0.169 e. The molecule has 0 bridgehead atoms. The summed E-state index contributed by atoms with van der Waals surface area (Å²) in [6.45, 7) is 3.61. The molecule has 1 heterocycles. The van der Waals surface area contributed by atoms with Crippen molar-refractivity contribution in [2.24, 2.45) is 0 Å². The number of hydrogen-bond acceptors (Lipinski definition) is 4. The maximum absolute atomic E-state index is 12.4. The van der Waals surface area contributed by atoms with Gasteiger partial charge in [-0.25, -0.2) is 0 Å². The topological polar surface area (TPSA) is 52.1 Å². The highest BCUT2D eigenvalue weighted by atomic mass is 79.9. The summed E-state index contributed by atoms with van der Waals surface area (Å²) in [6, 6.07) is 7.40. The lowest BCUT2D eigenvalue weighted by Crippen LogP contribution is -2.09. The van der Waals surface area contributed by atoms with E-state index in [1.165, 1.54) is 0 Å². The van der Waals surface area contributed by atoms with Gasteiger partial charge < -0.3 is 4.74 Å². The van der Waals surface area contributed by atoms with E-state index in [1.807, 2.05) is 25.1 Å². The Kier molecular flexibility index (Phi) is 4.49. The van der Waals surface area contributed by atoms with Crippen molar-refractivity contribution in [2.45, 2.75) is 20.3 Å². The van der Waals surface area contributed by atoms with Gasteiger partial charge in [-0.1, -0.05) is 15.9 Å². The molecule has 0 aliphatic heterocycles. The van der Waals surface area contributed by atoms with Crippen LogP contribution in [0.1, 0.15) is 27.3 Å². The number of methoxy groups -OCH3 is 1. The number of benzene rings is 1.